The number of carbonyl (C=O) groups excluding carboxylic acids is 3. The molecule has 4 N–H and O–H groups in total. The normalized spacial score (nSPS) is 22.6. The van der Waals surface area contributed by atoms with E-state index in [9.17, 15) is 14.4 Å². The summed E-state index contributed by atoms with van der Waals surface area (Å²) in [5, 5.41) is 12.5. The predicted molar refractivity (Wildman–Crippen MR) is 128 cm³/mol. The van der Waals surface area contributed by atoms with E-state index >= 15 is 0 Å². The average molecular weight is 459 g/mol. The standard InChI is InChI=1S/C25H38N4O4/c1-16(2)12-21(25(32)29-23-17(3)14-33-15-22(23)30)28-24(31)19-4-6-20(7-5-19)27-13-18-8-10-26-11-9-18/h4-7,16-18,21,23,26-27H,8-15H2,1-3H3,(H,28,31)(H,29,32)/t17-,21+,23+/m1/s1. The van der Waals surface area contributed by atoms with E-state index in [4.69, 9.17) is 4.74 Å². The van der Waals surface area contributed by atoms with Gasteiger partial charge in [-0.1, -0.05) is 20.8 Å². The summed E-state index contributed by atoms with van der Waals surface area (Å²) < 4.78 is 5.24. The van der Waals surface area contributed by atoms with Crippen molar-refractivity contribution in [2.45, 2.75) is 52.1 Å². The third-order valence-corrected chi connectivity index (χ3v) is 6.37. The van der Waals surface area contributed by atoms with Crippen LogP contribution in [-0.2, 0) is 14.3 Å². The van der Waals surface area contributed by atoms with Gasteiger partial charge in [-0.15, -0.1) is 0 Å². The third-order valence-electron chi connectivity index (χ3n) is 6.37. The predicted octanol–water partition coefficient (Wildman–Crippen LogP) is 1.96. The Balaban J connectivity index is 1.57. The summed E-state index contributed by atoms with van der Waals surface area (Å²) in [6.07, 6.45) is 2.83. The molecule has 2 aliphatic heterocycles. The molecule has 0 spiro atoms. The van der Waals surface area contributed by atoms with Gasteiger partial charge < -0.3 is 26.0 Å². The second kappa shape index (κ2) is 12.1. The summed E-state index contributed by atoms with van der Waals surface area (Å²) in [4.78, 5) is 38.0. The first kappa shape index (κ1) is 25.2. The molecule has 1 aromatic carbocycles. The van der Waals surface area contributed by atoms with Crippen LogP contribution in [0.4, 0.5) is 5.69 Å². The number of piperidine rings is 1. The molecular weight excluding hydrogens is 420 g/mol. The molecule has 0 saturated carbocycles. The zero-order valence-corrected chi connectivity index (χ0v) is 20.0. The molecule has 0 aliphatic carbocycles. The van der Waals surface area contributed by atoms with Gasteiger partial charge in [0.15, 0.2) is 5.78 Å². The number of ketones is 1. The van der Waals surface area contributed by atoms with Crippen LogP contribution < -0.4 is 21.3 Å². The lowest BCUT2D eigenvalue weighted by atomic mass is 9.95. The number of amides is 2. The molecule has 1 aromatic rings. The van der Waals surface area contributed by atoms with Gasteiger partial charge >= 0.3 is 0 Å². The number of anilines is 1. The lowest BCUT2D eigenvalue weighted by molar-refractivity contribution is -0.137. The van der Waals surface area contributed by atoms with Crippen molar-refractivity contribution in [2.24, 2.45) is 17.8 Å². The Kier molecular flexibility index (Phi) is 9.26. The number of rotatable bonds is 9. The van der Waals surface area contributed by atoms with Gasteiger partial charge in [-0.05, 0) is 68.5 Å². The van der Waals surface area contributed by atoms with Crippen LogP contribution in [0.1, 0.15) is 50.4 Å². The van der Waals surface area contributed by atoms with Crippen molar-refractivity contribution < 1.29 is 19.1 Å². The van der Waals surface area contributed by atoms with Gasteiger partial charge in [0, 0.05) is 23.7 Å². The first-order chi connectivity index (χ1) is 15.8. The van der Waals surface area contributed by atoms with Crippen LogP contribution >= 0.6 is 0 Å². The Labute approximate surface area is 196 Å². The van der Waals surface area contributed by atoms with Gasteiger partial charge in [0.05, 0.1) is 12.6 Å². The van der Waals surface area contributed by atoms with E-state index in [1.807, 2.05) is 32.9 Å². The fraction of sp³-hybridized carbons (Fsp3) is 0.640. The molecule has 0 bridgehead atoms. The van der Waals surface area contributed by atoms with Crippen molar-refractivity contribution in [3.05, 3.63) is 29.8 Å². The SMILES string of the molecule is CC(C)C[C@H](NC(=O)c1ccc(NCC2CCNCC2)cc1)C(=O)N[C@@H]1C(=O)COC[C@H]1C. The lowest BCUT2D eigenvalue weighted by Crippen LogP contribution is -2.56. The van der Waals surface area contributed by atoms with Gasteiger partial charge in [0.25, 0.3) is 5.91 Å². The van der Waals surface area contributed by atoms with E-state index in [2.05, 4.69) is 21.3 Å². The fourth-order valence-electron chi connectivity index (χ4n) is 4.36. The van der Waals surface area contributed by atoms with Crippen LogP contribution in [0, 0.1) is 17.8 Å². The summed E-state index contributed by atoms with van der Waals surface area (Å²) in [5.74, 6) is -0.00318. The van der Waals surface area contributed by atoms with Crippen LogP contribution in [0.15, 0.2) is 24.3 Å². The topological polar surface area (TPSA) is 109 Å². The Morgan fingerprint density at radius 1 is 1.15 bits per heavy atom. The maximum Gasteiger partial charge on any atom is 0.251 e. The Bertz CT molecular complexity index is 805. The number of benzene rings is 1. The van der Waals surface area contributed by atoms with E-state index in [0.29, 0.717) is 24.5 Å². The van der Waals surface area contributed by atoms with Crippen molar-refractivity contribution in [1.29, 1.82) is 0 Å². The lowest BCUT2D eigenvalue weighted by Gasteiger charge is -2.30. The molecule has 8 heteroatoms. The van der Waals surface area contributed by atoms with Crippen LogP contribution in [0.3, 0.4) is 0 Å². The number of nitrogens with one attached hydrogen (secondary N) is 4. The molecular formula is C25H38N4O4. The van der Waals surface area contributed by atoms with Crippen LogP contribution in [0.2, 0.25) is 0 Å². The largest absolute Gasteiger partial charge is 0.385 e. The number of ether oxygens (including phenoxy) is 1. The Morgan fingerprint density at radius 2 is 1.85 bits per heavy atom. The van der Waals surface area contributed by atoms with E-state index in [1.165, 1.54) is 12.8 Å². The zero-order chi connectivity index (χ0) is 23.8. The van der Waals surface area contributed by atoms with Gasteiger partial charge in [0.2, 0.25) is 5.91 Å². The van der Waals surface area contributed by atoms with Crippen LogP contribution in [-0.4, -0.2) is 62.5 Å². The number of Topliss-reactive ketones (excluding diaryl/α,β-unsaturated/α-hetero) is 1. The van der Waals surface area contributed by atoms with Crippen molar-refractivity contribution in [3.63, 3.8) is 0 Å². The second-order valence-corrected chi connectivity index (χ2v) is 9.75. The van der Waals surface area contributed by atoms with E-state index < -0.39 is 12.1 Å². The highest BCUT2D eigenvalue weighted by Crippen LogP contribution is 2.16. The molecule has 2 aliphatic rings. The quantitative estimate of drug-likeness (QED) is 0.451. The van der Waals surface area contributed by atoms with Crippen molar-refractivity contribution in [1.82, 2.24) is 16.0 Å². The molecule has 2 fully saturated rings. The Hall–Kier alpha value is -2.45. The number of hydrogen-bond acceptors (Lipinski definition) is 6. The summed E-state index contributed by atoms with van der Waals surface area (Å²) in [7, 11) is 0. The monoisotopic (exact) mass is 458 g/mol. The molecule has 182 valence electrons. The van der Waals surface area contributed by atoms with Crippen molar-refractivity contribution >= 4 is 23.3 Å². The van der Waals surface area contributed by atoms with Crippen molar-refractivity contribution in [2.75, 3.05) is 38.2 Å². The van der Waals surface area contributed by atoms with Crippen molar-refractivity contribution in [3.8, 4) is 0 Å². The first-order valence-electron chi connectivity index (χ1n) is 12.1. The minimum Gasteiger partial charge on any atom is -0.385 e. The highest BCUT2D eigenvalue weighted by atomic mass is 16.5. The molecule has 2 heterocycles. The van der Waals surface area contributed by atoms with Gasteiger partial charge in [-0.3, -0.25) is 14.4 Å². The zero-order valence-electron chi connectivity index (χ0n) is 20.0. The molecule has 0 radical (unpaired) electrons. The maximum absolute atomic E-state index is 13.0. The van der Waals surface area contributed by atoms with Crippen LogP contribution in [0.5, 0.6) is 0 Å². The minimum atomic E-state index is -0.710. The van der Waals surface area contributed by atoms with Gasteiger partial charge in [0.1, 0.15) is 12.6 Å². The summed E-state index contributed by atoms with van der Waals surface area (Å²) >= 11 is 0. The van der Waals surface area contributed by atoms with Gasteiger partial charge in [-0.2, -0.15) is 0 Å². The second-order valence-electron chi connectivity index (χ2n) is 9.75. The number of carbonyl (C=O) groups is 3. The molecule has 0 unspecified atom stereocenters. The van der Waals surface area contributed by atoms with Crippen LogP contribution in [0.25, 0.3) is 0 Å². The third kappa shape index (κ3) is 7.54. The van der Waals surface area contributed by atoms with Gasteiger partial charge in [-0.25, -0.2) is 0 Å². The average Bonchev–Trinajstić information content (AvgIpc) is 2.80. The summed E-state index contributed by atoms with van der Waals surface area (Å²) in [6.45, 7) is 9.36. The highest BCUT2D eigenvalue weighted by Gasteiger charge is 2.33. The molecule has 0 aromatic heterocycles. The first-order valence-corrected chi connectivity index (χ1v) is 12.1. The highest BCUT2D eigenvalue weighted by molar-refractivity contribution is 5.99. The maximum atomic E-state index is 13.0. The molecule has 2 amide bonds. The summed E-state index contributed by atoms with van der Waals surface area (Å²) in [6, 6.07) is 6.05. The fourth-order valence-corrected chi connectivity index (χ4v) is 4.36. The molecule has 8 nitrogen and oxygen atoms in total. The van der Waals surface area contributed by atoms with E-state index in [1.54, 1.807) is 12.1 Å². The molecule has 33 heavy (non-hydrogen) atoms. The van der Waals surface area contributed by atoms with E-state index in [0.717, 1.165) is 25.3 Å². The molecule has 3 rings (SSSR count). The molecule has 3 atom stereocenters. The summed E-state index contributed by atoms with van der Waals surface area (Å²) in [5.41, 5.74) is 1.48. The number of hydrogen-bond donors (Lipinski definition) is 4. The van der Waals surface area contributed by atoms with E-state index in [-0.39, 0.29) is 36.0 Å². The Morgan fingerprint density at radius 3 is 2.48 bits per heavy atom. The minimum absolute atomic E-state index is 0.00845. The molecule has 2 saturated heterocycles. The smallest absolute Gasteiger partial charge is 0.251 e.